The highest BCUT2D eigenvalue weighted by Crippen LogP contribution is 2.35. The summed E-state index contributed by atoms with van der Waals surface area (Å²) >= 11 is 5.91. The lowest BCUT2D eigenvalue weighted by atomic mass is 9.83. The van der Waals surface area contributed by atoms with Crippen LogP contribution in [0.4, 0.5) is 0 Å². The molecule has 0 amide bonds. The molecule has 1 saturated carbocycles. The van der Waals surface area contributed by atoms with Gasteiger partial charge in [-0.05, 0) is 35.9 Å². The summed E-state index contributed by atoms with van der Waals surface area (Å²) in [6.07, 6.45) is 8.41. The fraction of sp³-hybridized carbons (Fsp3) is 0.429. The van der Waals surface area contributed by atoms with Gasteiger partial charge in [0.25, 0.3) is 0 Å². The Kier molecular flexibility index (Phi) is 2.98. The van der Waals surface area contributed by atoms with E-state index in [1.165, 1.54) is 37.7 Å². The molecule has 3 rings (SSSR count). The van der Waals surface area contributed by atoms with Crippen LogP contribution in [0.15, 0.2) is 24.4 Å². The molecule has 3 heteroatoms. The first-order chi connectivity index (χ1) is 8.34. The largest absolute Gasteiger partial charge is 0.226 e. The Bertz CT molecular complexity index is 533. The fourth-order valence-corrected chi connectivity index (χ4v) is 2.93. The van der Waals surface area contributed by atoms with E-state index in [4.69, 9.17) is 11.6 Å². The highest BCUT2D eigenvalue weighted by Gasteiger charge is 2.18. The summed E-state index contributed by atoms with van der Waals surface area (Å²) in [7, 11) is 0. The molecule has 1 aromatic heterocycles. The number of para-hydroxylation sites is 1. The molecule has 0 atom stereocenters. The Morgan fingerprint density at radius 1 is 1.12 bits per heavy atom. The van der Waals surface area contributed by atoms with Gasteiger partial charge in [0.15, 0.2) is 0 Å². The van der Waals surface area contributed by atoms with Crippen molar-refractivity contribution < 1.29 is 0 Å². The number of halogens is 1. The maximum Gasteiger partial charge on any atom is 0.222 e. The van der Waals surface area contributed by atoms with E-state index in [-0.39, 0.29) is 0 Å². The lowest BCUT2D eigenvalue weighted by molar-refractivity contribution is 0.445. The van der Waals surface area contributed by atoms with Gasteiger partial charge in [0.1, 0.15) is 0 Å². The molecule has 0 N–H and O–H groups in total. The van der Waals surface area contributed by atoms with Crippen LogP contribution in [0.3, 0.4) is 0 Å². The monoisotopic (exact) mass is 246 g/mol. The maximum atomic E-state index is 5.91. The van der Waals surface area contributed by atoms with E-state index in [9.17, 15) is 0 Å². The summed E-state index contributed by atoms with van der Waals surface area (Å²) in [5.74, 6) is 0.651. The fourth-order valence-electron chi connectivity index (χ4n) is 2.80. The Balaban J connectivity index is 2.11. The first-order valence-corrected chi connectivity index (χ1v) is 6.63. The van der Waals surface area contributed by atoms with E-state index < -0.39 is 0 Å². The minimum atomic E-state index is 0.348. The van der Waals surface area contributed by atoms with Gasteiger partial charge in [-0.2, -0.15) is 0 Å². The topological polar surface area (TPSA) is 25.8 Å². The molecular weight excluding hydrogens is 232 g/mol. The summed E-state index contributed by atoms with van der Waals surface area (Å²) < 4.78 is 0. The van der Waals surface area contributed by atoms with Crippen LogP contribution in [0, 0.1) is 0 Å². The van der Waals surface area contributed by atoms with Crippen LogP contribution in [0.5, 0.6) is 0 Å². The van der Waals surface area contributed by atoms with E-state index in [1.54, 1.807) is 0 Å². The van der Waals surface area contributed by atoms with Crippen LogP contribution in [0.2, 0.25) is 5.28 Å². The number of hydrogen-bond donors (Lipinski definition) is 0. The van der Waals surface area contributed by atoms with Crippen molar-refractivity contribution in [1.82, 2.24) is 9.97 Å². The summed E-state index contributed by atoms with van der Waals surface area (Å²) in [5.41, 5.74) is 2.39. The average Bonchev–Trinajstić information content (AvgIpc) is 2.39. The van der Waals surface area contributed by atoms with Gasteiger partial charge in [-0.15, -0.1) is 0 Å². The van der Waals surface area contributed by atoms with Crippen molar-refractivity contribution in [2.24, 2.45) is 0 Å². The molecule has 0 unspecified atom stereocenters. The molecule has 17 heavy (non-hydrogen) atoms. The zero-order valence-electron chi connectivity index (χ0n) is 9.69. The lowest BCUT2D eigenvalue weighted by Gasteiger charge is -2.22. The average molecular weight is 247 g/mol. The molecule has 1 heterocycles. The van der Waals surface area contributed by atoms with Crippen molar-refractivity contribution in [3.05, 3.63) is 35.2 Å². The van der Waals surface area contributed by atoms with Crippen molar-refractivity contribution >= 4 is 22.5 Å². The number of aromatic nitrogens is 2. The zero-order chi connectivity index (χ0) is 11.7. The second-order valence-electron chi connectivity index (χ2n) is 4.76. The smallest absolute Gasteiger partial charge is 0.222 e. The summed E-state index contributed by atoms with van der Waals surface area (Å²) in [5, 5.41) is 1.44. The molecule has 1 aliphatic rings. The van der Waals surface area contributed by atoms with E-state index in [1.807, 2.05) is 6.20 Å². The van der Waals surface area contributed by atoms with Crippen molar-refractivity contribution in [3.63, 3.8) is 0 Å². The summed E-state index contributed by atoms with van der Waals surface area (Å²) in [6, 6.07) is 6.35. The van der Waals surface area contributed by atoms with Gasteiger partial charge in [-0.3, -0.25) is 0 Å². The number of fused-ring (bicyclic) bond motifs is 1. The van der Waals surface area contributed by atoms with Crippen LogP contribution in [-0.2, 0) is 0 Å². The number of rotatable bonds is 1. The highest BCUT2D eigenvalue weighted by atomic mass is 35.5. The number of nitrogens with zero attached hydrogens (tertiary/aromatic N) is 2. The van der Waals surface area contributed by atoms with E-state index >= 15 is 0 Å². The molecular formula is C14H15ClN2. The minimum absolute atomic E-state index is 0.348. The predicted octanol–water partition coefficient (Wildman–Crippen LogP) is 4.33. The van der Waals surface area contributed by atoms with Gasteiger partial charge >= 0.3 is 0 Å². The van der Waals surface area contributed by atoms with Crippen molar-refractivity contribution in [1.29, 1.82) is 0 Å². The van der Waals surface area contributed by atoms with Gasteiger partial charge < -0.3 is 0 Å². The second-order valence-corrected chi connectivity index (χ2v) is 5.10. The first-order valence-electron chi connectivity index (χ1n) is 6.26. The standard InChI is InChI=1S/C14H15ClN2/c15-14-16-9-11-7-4-8-12(13(11)17-14)10-5-2-1-3-6-10/h4,7-10H,1-3,5-6H2. The Morgan fingerprint density at radius 3 is 2.76 bits per heavy atom. The summed E-state index contributed by atoms with van der Waals surface area (Å²) in [4.78, 5) is 8.45. The third-order valence-electron chi connectivity index (χ3n) is 3.66. The van der Waals surface area contributed by atoms with Gasteiger partial charge in [0.2, 0.25) is 5.28 Å². The van der Waals surface area contributed by atoms with Gasteiger partial charge in [-0.1, -0.05) is 37.5 Å². The highest BCUT2D eigenvalue weighted by molar-refractivity contribution is 6.28. The van der Waals surface area contributed by atoms with Crippen LogP contribution in [-0.4, -0.2) is 9.97 Å². The molecule has 0 radical (unpaired) electrons. The number of benzene rings is 1. The third-order valence-corrected chi connectivity index (χ3v) is 3.84. The predicted molar refractivity (Wildman–Crippen MR) is 70.4 cm³/mol. The molecule has 0 bridgehead atoms. The molecule has 0 aliphatic heterocycles. The second kappa shape index (κ2) is 4.61. The lowest BCUT2D eigenvalue weighted by Crippen LogP contribution is -2.05. The molecule has 1 aromatic carbocycles. The minimum Gasteiger partial charge on any atom is -0.226 e. The van der Waals surface area contributed by atoms with Gasteiger partial charge in [0, 0.05) is 11.6 Å². The quantitative estimate of drug-likeness (QED) is 0.700. The SMILES string of the molecule is Clc1ncc2cccc(C3CCCCC3)c2n1. The molecule has 1 fully saturated rings. The third kappa shape index (κ3) is 2.14. The van der Waals surface area contributed by atoms with Crippen molar-refractivity contribution in [3.8, 4) is 0 Å². The Hall–Kier alpha value is -1.15. The molecule has 0 saturated heterocycles. The zero-order valence-corrected chi connectivity index (χ0v) is 10.5. The summed E-state index contributed by atoms with van der Waals surface area (Å²) in [6.45, 7) is 0. The molecule has 2 aromatic rings. The van der Waals surface area contributed by atoms with Crippen LogP contribution in [0.1, 0.15) is 43.6 Å². The molecule has 1 aliphatic carbocycles. The Morgan fingerprint density at radius 2 is 1.94 bits per heavy atom. The van der Waals surface area contributed by atoms with Gasteiger partial charge in [0.05, 0.1) is 5.52 Å². The van der Waals surface area contributed by atoms with Gasteiger partial charge in [-0.25, -0.2) is 9.97 Å². The number of hydrogen-bond acceptors (Lipinski definition) is 2. The van der Waals surface area contributed by atoms with Crippen molar-refractivity contribution in [2.45, 2.75) is 38.0 Å². The molecule has 0 spiro atoms. The molecule has 2 nitrogen and oxygen atoms in total. The Labute approximate surface area is 106 Å². The van der Waals surface area contributed by atoms with Crippen LogP contribution >= 0.6 is 11.6 Å². The normalized spacial score (nSPS) is 17.5. The maximum absolute atomic E-state index is 5.91. The first kappa shape index (κ1) is 11.0. The van der Waals surface area contributed by atoms with E-state index in [0.29, 0.717) is 11.2 Å². The molecule has 88 valence electrons. The van der Waals surface area contributed by atoms with Crippen molar-refractivity contribution in [2.75, 3.05) is 0 Å². The van der Waals surface area contributed by atoms with E-state index in [2.05, 4.69) is 28.2 Å². The van der Waals surface area contributed by atoms with Crippen LogP contribution < -0.4 is 0 Å². The van der Waals surface area contributed by atoms with E-state index in [0.717, 1.165) is 10.9 Å². The van der Waals surface area contributed by atoms with Crippen LogP contribution in [0.25, 0.3) is 10.9 Å².